The number of nitrogens with zero attached hydrogens (tertiary/aromatic N) is 2. The van der Waals surface area contributed by atoms with Gasteiger partial charge in [0.2, 0.25) is 5.91 Å². The van der Waals surface area contributed by atoms with Crippen LogP contribution in [0, 0.1) is 0 Å². The van der Waals surface area contributed by atoms with Crippen molar-refractivity contribution in [2.75, 3.05) is 0 Å². The molecule has 1 amide bonds. The van der Waals surface area contributed by atoms with Crippen LogP contribution in [0.4, 0.5) is 0 Å². The quantitative estimate of drug-likeness (QED) is 0.781. The van der Waals surface area contributed by atoms with Gasteiger partial charge in [-0.2, -0.15) is 5.10 Å². The first kappa shape index (κ1) is 12.8. The minimum Gasteiger partial charge on any atom is -0.393 e. The molecule has 0 spiro atoms. The van der Waals surface area contributed by atoms with Crippen LogP contribution in [-0.2, 0) is 11.8 Å². The predicted octanol–water partition coefficient (Wildman–Crippen LogP) is 0.853. The molecule has 0 radical (unpaired) electrons. The van der Waals surface area contributed by atoms with Crippen molar-refractivity contribution in [1.29, 1.82) is 0 Å². The van der Waals surface area contributed by atoms with Crippen molar-refractivity contribution in [1.82, 2.24) is 15.1 Å². The molecule has 1 aromatic rings. The van der Waals surface area contributed by atoms with Crippen molar-refractivity contribution in [3.8, 4) is 0 Å². The fraction of sp³-hybridized carbons (Fsp3) is 0.538. The number of rotatable bonds is 3. The van der Waals surface area contributed by atoms with Crippen LogP contribution in [-0.4, -0.2) is 32.9 Å². The molecule has 1 saturated carbocycles. The van der Waals surface area contributed by atoms with Crippen LogP contribution in [0.1, 0.15) is 31.4 Å². The van der Waals surface area contributed by atoms with Gasteiger partial charge in [0, 0.05) is 25.4 Å². The molecule has 5 nitrogen and oxygen atoms in total. The first-order chi connectivity index (χ1) is 8.65. The third-order valence-electron chi connectivity index (χ3n) is 3.31. The van der Waals surface area contributed by atoms with Gasteiger partial charge < -0.3 is 10.4 Å². The maximum Gasteiger partial charge on any atom is 0.244 e. The Morgan fingerprint density at radius 3 is 2.83 bits per heavy atom. The highest BCUT2D eigenvalue weighted by molar-refractivity contribution is 5.91. The second-order valence-electron chi connectivity index (χ2n) is 4.73. The molecule has 98 valence electrons. The number of aliphatic hydroxyl groups is 1. The van der Waals surface area contributed by atoms with E-state index in [-0.39, 0.29) is 18.1 Å². The summed E-state index contributed by atoms with van der Waals surface area (Å²) >= 11 is 0. The lowest BCUT2D eigenvalue weighted by Gasteiger charge is -2.25. The van der Waals surface area contributed by atoms with E-state index in [9.17, 15) is 9.90 Å². The van der Waals surface area contributed by atoms with Crippen molar-refractivity contribution in [2.24, 2.45) is 7.05 Å². The molecule has 18 heavy (non-hydrogen) atoms. The number of hydrogen-bond donors (Lipinski definition) is 2. The summed E-state index contributed by atoms with van der Waals surface area (Å²) in [4.78, 5) is 11.7. The second-order valence-corrected chi connectivity index (χ2v) is 4.73. The molecular formula is C13H19N3O2. The largest absolute Gasteiger partial charge is 0.393 e. The SMILES string of the molecule is Cn1nccc1/C=C/C(=O)NC1CCC(O)CC1. The summed E-state index contributed by atoms with van der Waals surface area (Å²) in [6.45, 7) is 0. The van der Waals surface area contributed by atoms with E-state index < -0.39 is 0 Å². The van der Waals surface area contributed by atoms with Crippen LogP contribution in [0.5, 0.6) is 0 Å². The van der Waals surface area contributed by atoms with Gasteiger partial charge in [-0.1, -0.05) is 0 Å². The van der Waals surface area contributed by atoms with Crippen LogP contribution in [0.15, 0.2) is 18.3 Å². The van der Waals surface area contributed by atoms with Gasteiger partial charge in [0.25, 0.3) is 0 Å². The van der Waals surface area contributed by atoms with Crippen LogP contribution >= 0.6 is 0 Å². The Bertz CT molecular complexity index is 431. The number of carbonyl (C=O) groups excluding carboxylic acids is 1. The molecule has 2 rings (SSSR count). The normalized spacial score (nSPS) is 24.3. The molecule has 0 unspecified atom stereocenters. The lowest BCUT2D eigenvalue weighted by molar-refractivity contribution is -0.117. The van der Waals surface area contributed by atoms with Gasteiger partial charge in [0.1, 0.15) is 0 Å². The average Bonchev–Trinajstić information content (AvgIpc) is 2.75. The molecule has 1 heterocycles. The Kier molecular flexibility index (Phi) is 4.15. The Balaban J connectivity index is 1.82. The van der Waals surface area contributed by atoms with E-state index in [0.29, 0.717) is 0 Å². The number of hydrogen-bond acceptors (Lipinski definition) is 3. The summed E-state index contributed by atoms with van der Waals surface area (Å²) in [5.41, 5.74) is 0.893. The predicted molar refractivity (Wildman–Crippen MR) is 68.6 cm³/mol. The van der Waals surface area contributed by atoms with Crippen molar-refractivity contribution < 1.29 is 9.90 Å². The molecule has 0 bridgehead atoms. The van der Waals surface area contributed by atoms with Gasteiger partial charge in [-0.05, 0) is 37.8 Å². The van der Waals surface area contributed by atoms with Gasteiger partial charge in [-0.25, -0.2) is 0 Å². The van der Waals surface area contributed by atoms with Gasteiger partial charge in [0.05, 0.1) is 11.8 Å². The van der Waals surface area contributed by atoms with E-state index in [2.05, 4.69) is 10.4 Å². The highest BCUT2D eigenvalue weighted by atomic mass is 16.3. The lowest BCUT2D eigenvalue weighted by Crippen LogP contribution is -2.37. The smallest absolute Gasteiger partial charge is 0.244 e. The third-order valence-corrected chi connectivity index (χ3v) is 3.31. The number of carbonyl (C=O) groups is 1. The zero-order chi connectivity index (χ0) is 13.0. The highest BCUT2D eigenvalue weighted by Crippen LogP contribution is 2.18. The topological polar surface area (TPSA) is 67.2 Å². The maximum absolute atomic E-state index is 11.7. The molecule has 2 N–H and O–H groups in total. The molecule has 1 aromatic heterocycles. The van der Waals surface area contributed by atoms with Gasteiger partial charge >= 0.3 is 0 Å². The number of nitrogens with one attached hydrogen (secondary N) is 1. The van der Waals surface area contributed by atoms with E-state index >= 15 is 0 Å². The van der Waals surface area contributed by atoms with Crippen molar-refractivity contribution in [3.63, 3.8) is 0 Å². The molecule has 0 saturated heterocycles. The summed E-state index contributed by atoms with van der Waals surface area (Å²) in [5.74, 6) is -0.0856. The fourth-order valence-corrected chi connectivity index (χ4v) is 2.18. The highest BCUT2D eigenvalue weighted by Gasteiger charge is 2.19. The summed E-state index contributed by atoms with van der Waals surface area (Å²) in [6, 6.07) is 2.04. The minimum absolute atomic E-state index is 0.0856. The molecule has 0 atom stereocenters. The summed E-state index contributed by atoms with van der Waals surface area (Å²) < 4.78 is 1.71. The Morgan fingerprint density at radius 2 is 2.22 bits per heavy atom. The Hall–Kier alpha value is -1.62. The molecule has 0 aromatic carbocycles. The fourth-order valence-electron chi connectivity index (χ4n) is 2.18. The van der Waals surface area contributed by atoms with E-state index in [1.807, 2.05) is 13.1 Å². The number of aryl methyl sites for hydroxylation is 1. The van der Waals surface area contributed by atoms with Crippen LogP contribution < -0.4 is 5.32 Å². The third kappa shape index (κ3) is 3.43. The van der Waals surface area contributed by atoms with E-state index in [4.69, 9.17) is 0 Å². The first-order valence-electron chi connectivity index (χ1n) is 6.30. The summed E-state index contributed by atoms with van der Waals surface area (Å²) in [5, 5.41) is 16.4. The van der Waals surface area contributed by atoms with Crippen LogP contribution in [0.3, 0.4) is 0 Å². The Morgan fingerprint density at radius 1 is 1.50 bits per heavy atom. The Labute approximate surface area is 106 Å². The monoisotopic (exact) mass is 249 g/mol. The van der Waals surface area contributed by atoms with E-state index in [1.54, 1.807) is 17.0 Å². The first-order valence-corrected chi connectivity index (χ1v) is 6.30. The molecule has 5 heteroatoms. The number of amides is 1. The van der Waals surface area contributed by atoms with Crippen molar-refractivity contribution in [2.45, 2.75) is 37.8 Å². The number of aromatic nitrogens is 2. The van der Waals surface area contributed by atoms with E-state index in [0.717, 1.165) is 31.4 Å². The number of aliphatic hydroxyl groups excluding tert-OH is 1. The van der Waals surface area contributed by atoms with Gasteiger partial charge in [0.15, 0.2) is 0 Å². The molecule has 1 aliphatic carbocycles. The summed E-state index contributed by atoms with van der Waals surface area (Å²) in [6.07, 6.45) is 8.04. The van der Waals surface area contributed by atoms with E-state index in [1.165, 1.54) is 6.08 Å². The summed E-state index contributed by atoms with van der Waals surface area (Å²) in [7, 11) is 1.83. The lowest BCUT2D eigenvalue weighted by atomic mass is 9.93. The van der Waals surface area contributed by atoms with Crippen LogP contribution in [0.2, 0.25) is 0 Å². The van der Waals surface area contributed by atoms with Gasteiger partial charge in [-0.3, -0.25) is 9.48 Å². The molecule has 1 fully saturated rings. The van der Waals surface area contributed by atoms with Crippen molar-refractivity contribution >= 4 is 12.0 Å². The van der Waals surface area contributed by atoms with Gasteiger partial charge in [-0.15, -0.1) is 0 Å². The zero-order valence-corrected chi connectivity index (χ0v) is 10.5. The molecule has 0 aliphatic heterocycles. The maximum atomic E-state index is 11.7. The second kappa shape index (κ2) is 5.82. The van der Waals surface area contributed by atoms with Crippen LogP contribution in [0.25, 0.3) is 6.08 Å². The molecule has 1 aliphatic rings. The average molecular weight is 249 g/mol. The molecular weight excluding hydrogens is 230 g/mol. The standard InChI is InChI=1S/C13H19N3O2/c1-16-11(8-9-14-16)4-7-13(18)15-10-2-5-12(17)6-3-10/h4,7-10,12,17H,2-3,5-6H2,1H3,(H,15,18)/b7-4+. The van der Waals surface area contributed by atoms with Crippen molar-refractivity contribution in [3.05, 3.63) is 24.0 Å². The minimum atomic E-state index is -0.192. The zero-order valence-electron chi connectivity index (χ0n) is 10.5.